The van der Waals surface area contributed by atoms with E-state index >= 15 is 0 Å². The molecule has 0 aliphatic heterocycles. The van der Waals surface area contributed by atoms with Crippen LogP contribution in [0.3, 0.4) is 0 Å². The van der Waals surface area contributed by atoms with Crippen LogP contribution < -0.4 is 0 Å². The summed E-state index contributed by atoms with van der Waals surface area (Å²) in [6, 6.07) is 4.13. The Balaban J connectivity index is 1.89. The van der Waals surface area contributed by atoms with Crippen molar-refractivity contribution >= 4 is 5.78 Å². The number of hydrogen-bond acceptors (Lipinski definition) is 2. The summed E-state index contributed by atoms with van der Waals surface area (Å²) in [6.45, 7) is 0. The fourth-order valence-electron chi connectivity index (χ4n) is 2.06. The third-order valence-electron chi connectivity index (χ3n) is 2.94. The van der Waals surface area contributed by atoms with Gasteiger partial charge in [0.2, 0.25) is 0 Å². The van der Waals surface area contributed by atoms with E-state index in [2.05, 4.69) is 17.1 Å². The molecule has 0 atom stereocenters. The molecule has 0 radical (unpaired) electrons. The highest BCUT2D eigenvalue weighted by Gasteiger charge is 2.18. The predicted octanol–water partition coefficient (Wildman–Crippen LogP) is 2.38. The minimum Gasteiger partial charge on any atom is -0.300 e. The summed E-state index contributed by atoms with van der Waals surface area (Å²) in [5.41, 5.74) is 1.35. The summed E-state index contributed by atoms with van der Waals surface area (Å²) in [4.78, 5) is 15.0. The van der Waals surface area contributed by atoms with E-state index in [1.54, 1.807) is 0 Å². The number of ketones is 1. The number of hydrogen-bond donors (Lipinski definition) is 0. The molecule has 1 aliphatic rings. The first kappa shape index (κ1) is 9.38. The molecule has 0 unspecified atom stereocenters. The molecule has 0 bridgehead atoms. The van der Waals surface area contributed by atoms with Gasteiger partial charge in [0.25, 0.3) is 0 Å². The molecule has 0 aromatic carbocycles. The Morgan fingerprint density at radius 3 is 2.50 bits per heavy atom. The zero-order valence-electron chi connectivity index (χ0n) is 8.28. The lowest BCUT2D eigenvalue weighted by molar-refractivity contribution is -0.120. The van der Waals surface area contributed by atoms with Crippen LogP contribution in [0.25, 0.3) is 0 Å². The number of pyridine rings is 1. The third kappa shape index (κ3) is 2.41. The van der Waals surface area contributed by atoms with Gasteiger partial charge in [-0.1, -0.05) is 0 Å². The van der Waals surface area contributed by atoms with E-state index in [0.29, 0.717) is 11.7 Å². The average molecular weight is 189 g/mol. The van der Waals surface area contributed by atoms with Gasteiger partial charge in [-0.2, -0.15) is 0 Å². The molecular weight excluding hydrogens is 174 g/mol. The quantitative estimate of drug-likeness (QED) is 0.715. The van der Waals surface area contributed by atoms with Crippen molar-refractivity contribution in [3.05, 3.63) is 30.1 Å². The summed E-state index contributed by atoms with van der Waals surface area (Å²) >= 11 is 0. The number of carbonyl (C=O) groups excluding carboxylic acids is 1. The topological polar surface area (TPSA) is 30.0 Å². The molecule has 74 valence electrons. The largest absolute Gasteiger partial charge is 0.300 e. The van der Waals surface area contributed by atoms with Crippen LogP contribution in [0.2, 0.25) is 0 Å². The minimum absolute atomic E-state index is 0.441. The van der Waals surface area contributed by atoms with Crippen LogP contribution in [-0.2, 0) is 11.2 Å². The summed E-state index contributed by atoms with van der Waals surface area (Å²) in [5.74, 6) is 1.14. The maximum atomic E-state index is 11.1. The molecule has 1 saturated carbocycles. The Morgan fingerprint density at radius 1 is 1.21 bits per heavy atom. The van der Waals surface area contributed by atoms with Crippen molar-refractivity contribution in [3.63, 3.8) is 0 Å². The second-order valence-electron chi connectivity index (χ2n) is 4.04. The lowest BCUT2D eigenvalue weighted by Crippen LogP contribution is -2.15. The monoisotopic (exact) mass is 189 g/mol. The highest BCUT2D eigenvalue weighted by atomic mass is 16.1. The molecule has 0 N–H and O–H groups in total. The number of Topliss-reactive ketones (excluding diaryl/α,β-unsaturated/α-hetero) is 1. The first-order chi connectivity index (χ1) is 6.84. The van der Waals surface area contributed by atoms with Crippen LogP contribution in [0.15, 0.2) is 24.5 Å². The van der Waals surface area contributed by atoms with E-state index in [0.717, 1.165) is 32.1 Å². The van der Waals surface area contributed by atoms with Crippen molar-refractivity contribution in [2.45, 2.75) is 32.1 Å². The van der Waals surface area contributed by atoms with Crippen LogP contribution >= 0.6 is 0 Å². The van der Waals surface area contributed by atoms with Gasteiger partial charge in [0, 0.05) is 25.2 Å². The molecular formula is C12H15NO. The average Bonchev–Trinajstić information content (AvgIpc) is 2.23. The lowest BCUT2D eigenvalue weighted by Gasteiger charge is -2.20. The fraction of sp³-hybridized carbons (Fsp3) is 0.500. The molecule has 1 aromatic heterocycles. The highest BCUT2D eigenvalue weighted by Crippen LogP contribution is 2.24. The van der Waals surface area contributed by atoms with Crippen molar-refractivity contribution in [2.75, 3.05) is 0 Å². The number of aromatic nitrogens is 1. The van der Waals surface area contributed by atoms with Gasteiger partial charge in [-0.25, -0.2) is 0 Å². The van der Waals surface area contributed by atoms with Crippen LogP contribution in [0.5, 0.6) is 0 Å². The summed E-state index contributed by atoms with van der Waals surface area (Å²) in [7, 11) is 0. The lowest BCUT2D eigenvalue weighted by atomic mass is 9.84. The first-order valence-electron chi connectivity index (χ1n) is 5.25. The number of carbonyl (C=O) groups is 1. The molecule has 0 saturated heterocycles. The molecule has 0 amide bonds. The Bertz CT molecular complexity index is 297. The standard InChI is InChI=1S/C12H15NO/c14-12-3-1-10(2-4-12)9-11-5-7-13-8-6-11/h5-8,10H,1-4,9H2. The SMILES string of the molecule is O=C1CCC(Cc2ccncc2)CC1. The van der Waals surface area contributed by atoms with Crippen molar-refractivity contribution in [1.29, 1.82) is 0 Å². The van der Waals surface area contributed by atoms with Crippen molar-refractivity contribution in [3.8, 4) is 0 Å². The van der Waals surface area contributed by atoms with Crippen LogP contribution in [0, 0.1) is 5.92 Å². The zero-order valence-corrected chi connectivity index (χ0v) is 8.28. The summed E-state index contributed by atoms with van der Waals surface area (Å²) in [6.07, 6.45) is 8.50. The van der Waals surface area contributed by atoms with Crippen LogP contribution in [0.4, 0.5) is 0 Å². The van der Waals surface area contributed by atoms with Crippen LogP contribution in [0.1, 0.15) is 31.2 Å². The number of rotatable bonds is 2. The number of nitrogens with zero attached hydrogens (tertiary/aromatic N) is 1. The van der Waals surface area contributed by atoms with E-state index < -0.39 is 0 Å². The van der Waals surface area contributed by atoms with Crippen LogP contribution in [-0.4, -0.2) is 10.8 Å². The minimum atomic E-state index is 0.441. The first-order valence-corrected chi connectivity index (χ1v) is 5.25. The molecule has 14 heavy (non-hydrogen) atoms. The van der Waals surface area contributed by atoms with E-state index in [1.807, 2.05) is 12.4 Å². The molecule has 2 rings (SSSR count). The van der Waals surface area contributed by atoms with Gasteiger partial charge in [0.1, 0.15) is 5.78 Å². The van der Waals surface area contributed by atoms with Gasteiger partial charge in [-0.15, -0.1) is 0 Å². The smallest absolute Gasteiger partial charge is 0.132 e. The Morgan fingerprint density at radius 2 is 1.86 bits per heavy atom. The van der Waals surface area contributed by atoms with Gasteiger partial charge in [-0.05, 0) is 42.9 Å². The zero-order chi connectivity index (χ0) is 9.80. The van der Waals surface area contributed by atoms with E-state index in [-0.39, 0.29) is 0 Å². The fourth-order valence-corrected chi connectivity index (χ4v) is 2.06. The Kier molecular flexibility index (Phi) is 2.92. The predicted molar refractivity (Wildman–Crippen MR) is 54.9 cm³/mol. The van der Waals surface area contributed by atoms with Gasteiger partial charge in [0.05, 0.1) is 0 Å². The van der Waals surface area contributed by atoms with Gasteiger partial charge >= 0.3 is 0 Å². The Hall–Kier alpha value is -1.18. The van der Waals surface area contributed by atoms with Crippen molar-refractivity contribution in [2.24, 2.45) is 5.92 Å². The maximum absolute atomic E-state index is 11.1. The van der Waals surface area contributed by atoms with Crippen molar-refractivity contribution in [1.82, 2.24) is 4.98 Å². The van der Waals surface area contributed by atoms with Gasteiger partial charge in [0.15, 0.2) is 0 Å². The van der Waals surface area contributed by atoms with Gasteiger partial charge < -0.3 is 0 Å². The molecule has 1 aromatic rings. The molecule has 1 heterocycles. The second kappa shape index (κ2) is 4.36. The molecule has 1 aliphatic carbocycles. The molecule has 0 spiro atoms. The summed E-state index contributed by atoms with van der Waals surface area (Å²) < 4.78 is 0. The molecule has 1 fully saturated rings. The molecule has 2 nitrogen and oxygen atoms in total. The van der Waals surface area contributed by atoms with E-state index in [4.69, 9.17) is 0 Å². The van der Waals surface area contributed by atoms with Gasteiger partial charge in [-0.3, -0.25) is 9.78 Å². The molecule has 2 heteroatoms. The summed E-state index contributed by atoms with van der Waals surface area (Å²) in [5, 5.41) is 0. The maximum Gasteiger partial charge on any atom is 0.132 e. The second-order valence-corrected chi connectivity index (χ2v) is 4.04. The van der Waals surface area contributed by atoms with E-state index in [1.165, 1.54) is 5.56 Å². The highest BCUT2D eigenvalue weighted by molar-refractivity contribution is 5.79. The van der Waals surface area contributed by atoms with E-state index in [9.17, 15) is 4.79 Å². The third-order valence-corrected chi connectivity index (χ3v) is 2.94. The van der Waals surface area contributed by atoms with Crippen molar-refractivity contribution < 1.29 is 4.79 Å². The Labute approximate surface area is 84.4 Å². The normalized spacial score (nSPS) is 18.4.